The number of hydrogen-bond donors (Lipinski definition) is 1. The lowest BCUT2D eigenvalue weighted by Gasteiger charge is -2.16. The van der Waals surface area contributed by atoms with Crippen molar-refractivity contribution in [1.82, 2.24) is 9.97 Å². The number of hydrogen-bond acceptors (Lipinski definition) is 3. The van der Waals surface area contributed by atoms with E-state index >= 15 is 0 Å². The molecule has 0 aliphatic rings. The van der Waals surface area contributed by atoms with Gasteiger partial charge in [-0.05, 0) is 40.4 Å². The van der Waals surface area contributed by atoms with E-state index in [2.05, 4.69) is 83.2 Å². The third-order valence-electron chi connectivity index (χ3n) is 3.48. The van der Waals surface area contributed by atoms with Gasteiger partial charge in [0.2, 0.25) is 0 Å². The number of nitrogens with zero attached hydrogens (tertiary/aromatic N) is 2. The summed E-state index contributed by atoms with van der Waals surface area (Å²) in [5.41, 5.74) is 2.62. The number of aryl methyl sites for hydroxylation is 1. The smallest absolute Gasteiger partial charge is 0.134 e. The predicted octanol–water partition coefficient (Wildman–Crippen LogP) is 5.10. The predicted molar refractivity (Wildman–Crippen MR) is 91.7 cm³/mol. The average molecular weight is 348 g/mol. The molecule has 21 heavy (non-hydrogen) atoms. The zero-order chi connectivity index (χ0) is 15.4. The third-order valence-corrected chi connectivity index (χ3v) is 3.89. The van der Waals surface area contributed by atoms with Crippen molar-refractivity contribution in [2.45, 2.75) is 46.1 Å². The van der Waals surface area contributed by atoms with E-state index in [0.717, 1.165) is 22.7 Å². The summed E-state index contributed by atoms with van der Waals surface area (Å²) in [5, 5.41) is 3.45. The zero-order valence-corrected chi connectivity index (χ0v) is 14.6. The van der Waals surface area contributed by atoms with Crippen LogP contribution in [0, 0.1) is 0 Å². The van der Waals surface area contributed by atoms with Gasteiger partial charge in [-0.25, -0.2) is 9.97 Å². The molecule has 0 spiro atoms. The van der Waals surface area contributed by atoms with Gasteiger partial charge in [-0.15, -0.1) is 0 Å². The van der Waals surface area contributed by atoms with E-state index in [1.165, 1.54) is 11.1 Å². The Kier molecular flexibility index (Phi) is 5.34. The molecule has 0 aliphatic carbocycles. The van der Waals surface area contributed by atoms with Crippen LogP contribution in [0.5, 0.6) is 0 Å². The van der Waals surface area contributed by atoms with E-state index in [9.17, 15) is 0 Å². The second-order valence-electron chi connectivity index (χ2n) is 5.55. The summed E-state index contributed by atoms with van der Waals surface area (Å²) >= 11 is 3.46. The van der Waals surface area contributed by atoms with Gasteiger partial charge in [0.1, 0.15) is 16.2 Å². The Hall–Kier alpha value is -1.42. The van der Waals surface area contributed by atoms with Crippen LogP contribution < -0.4 is 5.32 Å². The first-order valence-electron chi connectivity index (χ1n) is 7.39. The summed E-state index contributed by atoms with van der Waals surface area (Å²) in [5.74, 6) is 2.01. The lowest BCUT2D eigenvalue weighted by Crippen LogP contribution is -2.10. The van der Waals surface area contributed by atoms with Gasteiger partial charge in [-0.3, -0.25) is 0 Å². The number of benzene rings is 1. The molecule has 0 saturated heterocycles. The molecule has 2 rings (SSSR count). The standard InChI is InChI=1S/C17H22BrN3/c1-5-13-6-8-14(9-7-13)12(4)19-16-10-15(18)20-17(21-16)11(2)3/h6-12H,5H2,1-4H3,(H,19,20,21). The van der Waals surface area contributed by atoms with Gasteiger partial charge < -0.3 is 5.32 Å². The topological polar surface area (TPSA) is 37.8 Å². The highest BCUT2D eigenvalue weighted by molar-refractivity contribution is 9.10. The highest BCUT2D eigenvalue weighted by Crippen LogP contribution is 2.22. The summed E-state index contributed by atoms with van der Waals surface area (Å²) in [6.07, 6.45) is 1.07. The average Bonchev–Trinajstić information content (AvgIpc) is 2.46. The van der Waals surface area contributed by atoms with E-state index in [1.807, 2.05) is 6.07 Å². The molecule has 2 aromatic rings. The lowest BCUT2D eigenvalue weighted by atomic mass is 10.1. The molecule has 0 amide bonds. The molecule has 1 aromatic carbocycles. The largest absolute Gasteiger partial charge is 0.363 e. The number of halogens is 1. The molecule has 0 saturated carbocycles. The van der Waals surface area contributed by atoms with Crippen LogP contribution in [0.15, 0.2) is 34.9 Å². The summed E-state index contributed by atoms with van der Waals surface area (Å²) in [7, 11) is 0. The van der Waals surface area contributed by atoms with Gasteiger partial charge in [0.15, 0.2) is 0 Å². The van der Waals surface area contributed by atoms with Gasteiger partial charge in [-0.1, -0.05) is 45.0 Å². The quantitative estimate of drug-likeness (QED) is 0.764. The second kappa shape index (κ2) is 7.03. The molecule has 1 aromatic heterocycles. The molecule has 0 aliphatic heterocycles. The SMILES string of the molecule is CCc1ccc(C(C)Nc2cc(Br)nc(C(C)C)n2)cc1. The molecular weight excluding hydrogens is 326 g/mol. The van der Waals surface area contributed by atoms with Crippen LogP contribution in [0.4, 0.5) is 5.82 Å². The van der Waals surface area contributed by atoms with Crippen molar-refractivity contribution >= 4 is 21.7 Å². The van der Waals surface area contributed by atoms with Crippen molar-refractivity contribution < 1.29 is 0 Å². The summed E-state index contributed by atoms with van der Waals surface area (Å²) in [6.45, 7) is 8.51. The molecule has 1 N–H and O–H groups in total. The van der Waals surface area contributed by atoms with Crippen molar-refractivity contribution in [2.75, 3.05) is 5.32 Å². The minimum atomic E-state index is 0.206. The maximum absolute atomic E-state index is 4.58. The van der Waals surface area contributed by atoms with Gasteiger partial charge in [0.05, 0.1) is 0 Å². The molecule has 4 heteroatoms. The molecule has 0 bridgehead atoms. The Labute approximate surface area is 135 Å². The molecule has 1 heterocycles. The number of aromatic nitrogens is 2. The van der Waals surface area contributed by atoms with Crippen molar-refractivity contribution in [3.8, 4) is 0 Å². The normalized spacial score (nSPS) is 12.5. The molecule has 0 fully saturated rings. The lowest BCUT2D eigenvalue weighted by molar-refractivity contribution is 0.763. The van der Waals surface area contributed by atoms with E-state index < -0.39 is 0 Å². The fraction of sp³-hybridized carbons (Fsp3) is 0.412. The Morgan fingerprint density at radius 2 is 1.76 bits per heavy atom. The minimum absolute atomic E-state index is 0.206. The maximum Gasteiger partial charge on any atom is 0.134 e. The Bertz CT molecular complexity index is 593. The van der Waals surface area contributed by atoms with Crippen molar-refractivity contribution in [2.24, 2.45) is 0 Å². The van der Waals surface area contributed by atoms with Crippen LogP contribution >= 0.6 is 15.9 Å². The Morgan fingerprint density at radius 3 is 2.33 bits per heavy atom. The minimum Gasteiger partial charge on any atom is -0.363 e. The molecular formula is C17H22BrN3. The monoisotopic (exact) mass is 347 g/mol. The highest BCUT2D eigenvalue weighted by Gasteiger charge is 2.10. The molecule has 1 atom stereocenters. The van der Waals surface area contributed by atoms with Crippen molar-refractivity contribution in [3.63, 3.8) is 0 Å². The maximum atomic E-state index is 4.58. The van der Waals surface area contributed by atoms with Crippen LogP contribution in [0.1, 0.15) is 56.6 Å². The van der Waals surface area contributed by atoms with Gasteiger partial charge in [-0.2, -0.15) is 0 Å². The van der Waals surface area contributed by atoms with E-state index in [1.54, 1.807) is 0 Å². The van der Waals surface area contributed by atoms with Crippen LogP contribution in [0.25, 0.3) is 0 Å². The van der Waals surface area contributed by atoms with Gasteiger partial charge >= 0.3 is 0 Å². The Balaban J connectivity index is 2.16. The van der Waals surface area contributed by atoms with E-state index in [-0.39, 0.29) is 6.04 Å². The molecule has 0 radical (unpaired) electrons. The fourth-order valence-corrected chi connectivity index (χ4v) is 2.51. The summed E-state index contributed by atoms with van der Waals surface area (Å²) in [4.78, 5) is 8.98. The van der Waals surface area contributed by atoms with Crippen molar-refractivity contribution in [1.29, 1.82) is 0 Å². The second-order valence-corrected chi connectivity index (χ2v) is 6.36. The van der Waals surface area contributed by atoms with Crippen molar-refractivity contribution in [3.05, 3.63) is 51.9 Å². The van der Waals surface area contributed by atoms with Crippen LogP contribution in [0.3, 0.4) is 0 Å². The first kappa shape index (κ1) is 16.0. The van der Waals surface area contributed by atoms with Crippen LogP contribution in [-0.4, -0.2) is 9.97 Å². The summed E-state index contributed by atoms with van der Waals surface area (Å²) in [6, 6.07) is 10.8. The molecule has 112 valence electrons. The highest BCUT2D eigenvalue weighted by atomic mass is 79.9. The zero-order valence-electron chi connectivity index (χ0n) is 13.0. The Morgan fingerprint density at radius 1 is 1.10 bits per heavy atom. The van der Waals surface area contributed by atoms with Gasteiger partial charge in [0, 0.05) is 18.0 Å². The van der Waals surface area contributed by atoms with E-state index in [4.69, 9.17) is 0 Å². The molecule has 3 nitrogen and oxygen atoms in total. The number of rotatable bonds is 5. The first-order chi connectivity index (χ1) is 9.99. The van der Waals surface area contributed by atoms with E-state index in [0.29, 0.717) is 5.92 Å². The number of nitrogens with one attached hydrogen (secondary N) is 1. The van der Waals surface area contributed by atoms with Crippen LogP contribution in [0.2, 0.25) is 0 Å². The summed E-state index contributed by atoms with van der Waals surface area (Å²) < 4.78 is 0.817. The third kappa shape index (κ3) is 4.27. The van der Waals surface area contributed by atoms with Gasteiger partial charge in [0.25, 0.3) is 0 Å². The van der Waals surface area contributed by atoms with Crippen LogP contribution in [-0.2, 0) is 6.42 Å². The molecule has 1 unspecified atom stereocenters. The number of anilines is 1. The fourth-order valence-electron chi connectivity index (χ4n) is 2.11. The first-order valence-corrected chi connectivity index (χ1v) is 8.18.